The summed E-state index contributed by atoms with van der Waals surface area (Å²) in [5.74, 6) is -0.753. The highest BCUT2D eigenvalue weighted by Gasteiger charge is 2.30. The molecule has 0 saturated carbocycles. The maximum atomic E-state index is 13.0. The molecule has 0 spiro atoms. The number of methoxy groups -OCH3 is 1. The van der Waals surface area contributed by atoms with Crippen molar-refractivity contribution < 1.29 is 27.4 Å². The molecule has 0 atom stereocenters. The molecule has 9 heteroatoms. The van der Waals surface area contributed by atoms with Gasteiger partial charge in [0, 0.05) is 26.0 Å². The highest BCUT2D eigenvalue weighted by atomic mass is 19.4. The number of fused-ring (bicyclic) bond motifs is 1. The molecule has 0 amide bonds. The summed E-state index contributed by atoms with van der Waals surface area (Å²) >= 11 is 0. The summed E-state index contributed by atoms with van der Waals surface area (Å²) in [6.45, 7) is 2.25. The van der Waals surface area contributed by atoms with Gasteiger partial charge in [-0.05, 0) is 47.4 Å². The topological polar surface area (TPSA) is 70.4 Å². The predicted molar refractivity (Wildman–Crippen MR) is 129 cm³/mol. The smallest absolute Gasteiger partial charge is 0.416 e. The van der Waals surface area contributed by atoms with Crippen LogP contribution in [0.2, 0.25) is 0 Å². The van der Waals surface area contributed by atoms with Crippen molar-refractivity contribution in [3.8, 4) is 11.1 Å². The van der Waals surface area contributed by atoms with Crippen molar-refractivity contribution in [2.75, 3.05) is 13.7 Å². The highest BCUT2D eigenvalue weighted by Crippen LogP contribution is 2.32. The van der Waals surface area contributed by atoms with Crippen molar-refractivity contribution in [2.45, 2.75) is 26.3 Å². The van der Waals surface area contributed by atoms with Crippen LogP contribution in [-0.4, -0.2) is 29.2 Å². The van der Waals surface area contributed by atoms with Crippen molar-refractivity contribution in [3.63, 3.8) is 0 Å². The van der Waals surface area contributed by atoms with Gasteiger partial charge in [-0.25, -0.2) is 4.79 Å². The van der Waals surface area contributed by atoms with Crippen LogP contribution in [0, 0.1) is 0 Å². The zero-order valence-corrected chi connectivity index (χ0v) is 19.6. The molecule has 36 heavy (non-hydrogen) atoms. The second-order valence-electron chi connectivity index (χ2n) is 8.10. The number of halogens is 3. The number of hydrogen-bond donors (Lipinski definition) is 0. The van der Waals surface area contributed by atoms with Crippen LogP contribution >= 0.6 is 0 Å². The third-order valence-corrected chi connectivity index (χ3v) is 5.67. The Balaban J connectivity index is 1.85. The van der Waals surface area contributed by atoms with E-state index in [4.69, 9.17) is 9.47 Å². The highest BCUT2D eigenvalue weighted by molar-refractivity contribution is 5.93. The van der Waals surface area contributed by atoms with E-state index in [9.17, 15) is 22.8 Å². The Morgan fingerprint density at radius 1 is 1.08 bits per heavy atom. The summed E-state index contributed by atoms with van der Waals surface area (Å²) in [5, 5.41) is 0. The molecule has 2 heterocycles. The van der Waals surface area contributed by atoms with Gasteiger partial charge in [0.2, 0.25) is 5.43 Å². The Morgan fingerprint density at radius 2 is 1.81 bits per heavy atom. The van der Waals surface area contributed by atoms with Gasteiger partial charge in [0.05, 0.1) is 24.3 Å². The Morgan fingerprint density at radius 3 is 2.47 bits per heavy atom. The van der Waals surface area contributed by atoms with Crippen LogP contribution in [0.25, 0.3) is 22.2 Å². The Kier molecular flexibility index (Phi) is 7.21. The number of rotatable bonds is 7. The molecule has 0 radical (unpaired) electrons. The molecular formula is C27H23F3N2O4. The van der Waals surface area contributed by atoms with E-state index in [2.05, 4.69) is 4.98 Å². The van der Waals surface area contributed by atoms with Crippen LogP contribution in [-0.2, 0) is 28.8 Å². The number of alkyl halides is 3. The van der Waals surface area contributed by atoms with Gasteiger partial charge < -0.3 is 14.0 Å². The number of carbonyl (C=O) groups is 1. The second-order valence-corrected chi connectivity index (χ2v) is 8.10. The van der Waals surface area contributed by atoms with Gasteiger partial charge in [-0.2, -0.15) is 13.2 Å². The second kappa shape index (κ2) is 10.3. The lowest BCUT2D eigenvalue weighted by Crippen LogP contribution is -2.22. The quantitative estimate of drug-likeness (QED) is 0.318. The van der Waals surface area contributed by atoms with Gasteiger partial charge in [-0.1, -0.05) is 36.4 Å². The van der Waals surface area contributed by atoms with Crippen molar-refractivity contribution >= 4 is 17.0 Å². The average molecular weight is 496 g/mol. The van der Waals surface area contributed by atoms with Crippen molar-refractivity contribution in [1.29, 1.82) is 0 Å². The van der Waals surface area contributed by atoms with E-state index in [1.165, 1.54) is 24.5 Å². The van der Waals surface area contributed by atoms with E-state index in [-0.39, 0.29) is 30.8 Å². The van der Waals surface area contributed by atoms with E-state index in [1.54, 1.807) is 30.7 Å². The first kappa shape index (κ1) is 25.1. The molecule has 0 bridgehead atoms. The minimum absolute atomic E-state index is 0.104. The third-order valence-electron chi connectivity index (χ3n) is 5.67. The number of benzene rings is 2. The molecule has 6 nitrogen and oxygen atoms in total. The summed E-state index contributed by atoms with van der Waals surface area (Å²) in [5.41, 5.74) is 2.00. The molecule has 0 fully saturated rings. The molecule has 0 unspecified atom stereocenters. The number of aromatic nitrogens is 2. The molecule has 0 aliphatic heterocycles. The monoisotopic (exact) mass is 496 g/mol. The lowest BCUT2D eigenvalue weighted by Gasteiger charge is -2.16. The molecule has 4 rings (SSSR count). The molecule has 0 N–H and O–H groups in total. The van der Waals surface area contributed by atoms with Gasteiger partial charge >= 0.3 is 12.1 Å². The van der Waals surface area contributed by atoms with E-state index >= 15 is 0 Å². The molecular weight excluding hydrogens is 473 g/mol. The number of hydrogen-bond acceptors (Lipinski definition) is 5. The average Bonchev–Trinajstić information content (AvgIpc) is 2.86. The zero-order chi connectivity index (χ0) is 25.9. The first-order valence-corrected chi connectivity index (χ1v) is 11.2. The first-order chi connectivity index (χ1) is 17.2. The molecule has 0 saturated heterocycles. The molecule has 0 aliphatic carbocycles. The molecule has 186 valence electrons. The normalized spacial score (nSPS) is 11.6. The summed E-state index contributed by atoms with van der Waals surface area (Å²) in [7, 11) is 1.54. The lowest BCUT2D eigenvalue weighted by atomic mass is 9.98. The molecule has 4 aromatic rings. The fourth-order valence-electron chi connectivity index (χ4n) is 3.99. The standard InChI is InChI=1S/C27H23F3N2O4/c1-3-36-26(34)22-15-32(23-12-17(16-35-2)13-31-24(23)25(22)33)14-19-6-4-5-7-21(19)18-8-10-20(11-9-18)27(28,29)30/h4-13,15H,3,14,16H2,1-2H3. The first-order valence-electron chi connectivity index (χ1n) is 11.2. The van der Waals surface area contributed by atoms with Crippen LogP contribution < -0.4 is 5.43 Å². The van der Waals surface area contributed by atoms with Gasteiger partial charge in [0.15, 0.2) is 0 Å². The zero-order valence-electron chi connectivity index (χ0n) is 19.6. The molecule has 0 aliphatic rings. The van der Waals surface area contributed by atoms with Crippen LogP contribution in [0.5, 0.6) is 0 Å². The number of pyridine rings is 2. The Labute approximate surface area is 204 Å². The van der Waals surface area contributed by atoms with Gasteiger partial charge in [-0.3, -0.25) is 9.78 Å². The van der Waals surface area contributed by atoms with Crippen molar-refractivity contribution in [1.82, 2.24) is 9.55 Å². The van der Waals surface area contributed by atoms with Crippen molar-refractivity contribution in [3.05, 3.63) is 99.5 Å². The van der Waals surface area contributed by atoms with Crippen molar-refractivity contribution in [2.24, 2.45) is 0 Å². The van der Waals surface area contributed by atoms with Crippen LogP contribution in [0.3, 0.4) is 0 Å². The number of esters is 1. The van der Waals surface area contributed by atoms with Crippen LogP contribution in [0.4, 0.5) is 13.2 Å². The lowest BCUT2D eigenvalue weighted by molar-refractivity contribution is -0.137. The predicted octanol–water partition coefficient (Wildman–Crippen LogP) is 5.45. The third kappa shape index (κ3) is 5.16. The summed E-state index contributed by atoms with van der Waals surface area (Å²) in [6.07, 6.45) is -1.48. The summed E-state index contributed by atoms with van der Waals surface area (Å²) in [4.78, 5) is 29.8. The largest absolute Gasteiger partial charge is 0.462 e. The number of nitrogens with zero attached hydrogens (tertiary/aromatic N) is 2. The number of ether oxygens (including phenoxy) is 2. The molecule has 2 aromatic heterocycles. The summed E-state index contributed by atoms with van der Waals surface area (Å²) < 4.78 is 51.1. The summed E-state index contributed by atoms with van der Waals surface area (Å²) in [6, 6.07) is 14.0. The molecule has 2 aromatic carbocycles. The van der Waals surface area contributed by atoms with E-state index in [0.717, 1.165) is 28.8 Å². The minimum Gasteiger partial charge on any atom is -0.462 e. The number of carbonyl (C=O) groups excluding carboxylic acids is 1. The van der Waals surface area contributed by atoms with Crippen LogP contribution in [0.1, 0.15) is 34.0 Å². The Hall–Kier alpha value is -3.98. The maximum Gasteiger partial charge on any atom is 0.416 e. The fourth-order valence-corrected chi connectivity index (χ4v) is 3.99. The Bertz CT molecular complexity index is 1460. The van der Waals surface area contributed by atoms with E-state index < -0.39 is 23.1 Å². The fraction of sp³-hybridized carbons (Fsp3) is 0.222. The van der Waals surface area contributed by atoms with Gasteiger partial charge in [-0.15, -0.1) is 0 Å². The van der Waals surface area contributed by atoms with E-state index in [0.29, 0.717) is 11.1 Å². The van der Waals surface area contributed by atoms with Gasteiger partial charge in [0.25, 0.3) is 0 Å². The van der Waals surface area contributed by atoms with E-state index in [1.807, 2.05) is 18.2 Å². The minimum atomic E-state index is -4.43. The SMILES string of the molecule is CCOC(=O)c1cn(Cc2ccccc2-c2ccc(C(F)(F)F)cc2)c2cc(COC)cnc2c1=O. The van der Waals surface area contributed by atoms with Crippen LogP contribution in [0.15, 0.2) is 71.8 Å². The maximum absolute atomic E-state index is 13.0. The van der Waals surface area contributed by atoms with Gasteiger partial charge in [0.1, 0.15) is 11.1 Å².